The van der Waals surface area contributed by atoms with Crippen LogP contribution >= 0.6 is 11.6 Å². The fourth-order valence-electron chi connectivity index (χ4n) is 7.10. The predicted octanol–water partition coefficient (Wildman–Crippen LogP) is 6.64. The van der Waals surface area contributed by atoms with Crippen molar-refractivity contribution in [3.05, 3.63) is 123 Å². The van der Waals surface area contributed by atoms with Crippen LogP contribution in [0.1, 0.15) is 55.8 Å². The predicted molar refractivity (Wildman–Crippen MR) is 222 cm³/mol. The van der Waals surface area contributed by atoms with Crippen LogP contribution in [0.5, 0.6) is 11.5 Å². The molecule has 0 spiro atoms. The Morgan fingerprint density at radius 1 is 0.932 bits per heavy atom. The number of halogens is 2. The number of fused-ring (bicyclic) bond motifs is 3. The topological polar surface area (TPSA) is 170 Å². The van der Waals surface area contributed by atoms with Gasteiger partial charge in [0.2, 0.25) is 11.9 Å². The van der Waals surface area contributed by atoms with E-state index in [9.17, 15) is 14.4 Å². The van der Waals surface area contributed by atoms with Crippen molar-refractivity contribution >= 4 is 52.4 Å². The molecule has 1 aromatic heterocycles. The van der Waals surface area contributed by atoms with Gasteiger partial charge in [-0.15, -0.1) is 0 Å². The zero-order valence-electron chi connectivity index (χ0n) is 32.4. The number of hydrogen-bond donors (Lipinski definition) is 3. The molecule has 0 aliphatic carbocycles. The van der Waals surface area contributed by atoms with Gasteiger partial charge in [0, 0.05) is 69.9 Å². The molecule has 7 rings (SSSR count). The average molecular weight is 816 g/mol. The molecular weight excluding hydrogens is 777 g/mol. The third-order valence-electron chi connectivity index (χ3n) is 10.1. The van der Waals surface area contributed by atoms with Gasteiger partial charge in [-0.25, -0.2) is 19.2 Å². The first-order valence-electron chi connectivity index (χ1n) is 18.6. The first-order chi connectivity index (χ1) is 28.6. The highest BCUT2D eigenvalue weighted by molar-refractivity contribution is 6.31. The maximum Gasteiger partial charge on any atom is 0.339 e. The minimum Gasteiger partial charge on any atom is -0.496 e. The summed E-state index contributed by atoms with van der Waals surface area (Å²) >= 11 is 6.46. The van der Waals surface area contributed by atoms with E-state index < -0.39 is 11.8 Å². The fraction of sp³-hybridized carbons (Fsp3) is 0.227. The highest BCUT2D eigenvalue weighted by Crippen LogP contribution is 2.37. The molecule has 4 N–H and O–H groups in total. The number of rotatable bonds is 9. The molecular formula is C44H39ClFN7O6. The molecule has 0 unspecified atom stereocenters. The number of methoxy groups -OCH3 is 3. The zero-order valence-corrected chi connectivity index (χ0v) is 33.2. The van der Waals surface area contributed by atoms with E-state index in [1.54, 1.807) is 71.8 Å². The summed E-state index contributed by atoms with van der Waals surface area (Å²) < 4.78 is 31.3. The number of nitrogens with one attached hydrogen (secondary N) is 2. The number of carbonyl (C=O) groups excluding carboxylic acids is 3. The van der Waals surface area contributed by atoms with E-state index in [0.29, 0.717) is 87.5 Å². The third kappa shape index (κ3) is 8.57. The van der Waals surface area contributed by atoms with E-state index in [0.717, 1.165) is 5.56 Å². The number of aliphatic imine (C=N–C) groups is 1. The average Bonchev–Trinajstić information content (AvgIpc) is 3.41. The van der Waals surface area contributed by atoms with E-state index in [2.05, 4.69) is 27.5 Å². The summed E-state index contributed by atoms with van der Waals surface area (Å²) in [6.45, 7) is 1.01. The largest absolute Gasteiger partial charge is 0.496 e. The molecule has 2 amide bonds. The maximum atomic E-state index is 15.3. The number of piperidine rings is 1. The van der Waals surface area contributed by atoms with Gasteiger partial charge >= 0.3 is 5.97 Å². The third-order valence-corrected chi connectivity index (χ3v) is 10.3. The monoisotopic (exact) mass is 815 g/mol. The van der Waals surface area contributed by atoms with Crippen molar-refractivity contribution in [1.82, 2.24) is 14.9 Å². The van der Waals surface area contributed by atoms with E-state index in [4.69, 9.17) is 41.5 Å². The second kappa shape index (κ2) is 17.8. The number of esters is 1. The Morgan fingerprint density at radius 3 is 2.44 bits per heavy atom. The normalized spacial score (nSPS) is 13.4. The molecule has 13 nitrogen and oxygen atoms in total. The molecule has 1 fully saturated rings. The summed E-state index contributed by atoms with van der Waals surface area (Å²) in [5, 5.41) is 6.58. The van der Waals surface area contributed by atoms with Gasteiger partial charge < -0.3 is 35.5 Å². The lowest BCUT2D eigenvalue weighted by Crippen LogP contribution is -2.41. The van der Waals surface area contributed by atoms with Crippen LogP contribution in [0.15, 0.2) is 84.0 Å². The van der Waals surface area contributed by atoms with Crippen molar-refractivity contribution in [3.63, 3.8) is 0 Å². The molecule has 0 radical (unpaired) electrons. The lowest BCUT2D eigenvalue weighted by molar-refractivity contribution is -0.121. The number of nitrogens with zero attached hydrogens (tertiary/aromatic N) is 4. The van der Waals surface area contributed by atoms with Gasteiger partial charge in [0.05, 0.1) is 62.5 Å². The summed E-state index contributed by atoms with van der Waals surface area (Å²) in [4.78, 5) is 55.1. The van der Waals surface area contributed by atoms with Crippen LogP contribution in [0.4, 0.5) is 21.7 Å². The van der Waals surface area contributed by atoms with Gasteiger partial charge in [-0.2, -0.15) is 0 Å². The Morgan fingerprint density at radius 2 is 1.69 bits per heavy atom. The van der Waals surface area contributed by atoms with Gasteiger partial charge in [-0.3, -0.25) is 14.6 Å². The number of ether oxygens (including phenoxy) is 3. The van der Waals surface area contributed by atoms with E-state index in [-0.39, 0.29) is 47.9 Å². The Balaban J connectivity index is 1.04. The van der Waals surface area contributed by atoms with Crippen molar-refractivity contribution in [3.8, 4) is 34.6 Å². The molecule has 15 heteroatoms. The number of hydrogen-bond acceptors (Lipinski definition) is 11. The molecule has 4 aromatic carbocycles. The molecule has 1 saturated heterocycles. The van der Waals surface area contributed by atoms with Gasteiger partial charge in [-0.1, -0.05) is 35.6 Å². The Labute approximate surface area is 344 Å². The van der Waals surface area contributed by atoms with E-state index in [1.807, 2.05) is 6.07 Å². The molecule has 0 bridgehead atoms. The smallest absolute Gasteiger partial charge is 0.339 e. The molecule has 5 aromatic rings. The first kappa shape index (κ1) is 40.4. The van der Waals surface area contributed by atoms with Crippen molar-refractivity contribution in [2.75, 3.05) is 51.6 Å². The summed E-state index contributed by atoms with van der Waals surface area (Å²) in [6, 6.07) is 19.8. The number of carbonyl (C=O) groups is 3. The SMILES string of the molecule is COC(=O)c1ccc(NC(=O)C2CCN(C(=O)c3ccc(Nc4ncc5c(n4)-c4ccc(Cl)cc4C(c4c(F)cccc4OC)=NC5)cc3OC)CC2)cc1C#CCN. The molecule has 2 aliphatic rings. The van der Waals surface area contributed by atoms with Crippen LogP contribution in [-0.4, -0.2) is 79.3 Å². The number of likely N-dealkylation sites (tertiary alicyclic amines) is 1. The van der Waals surface area contributed by atoms with Gasteiger partial charge in [-0.05, 0) is 67.4 Å². The molecule has 3 heterocycles. The van der Waals surface area contributed by atoms with Crippen molar-refractivity contribution < 1.29 is 33.0 Å². The summed E-state index contributed by atoms with van der Waals surface area (Å²) in [7, 11) is 4.25. The Kier molecular flexibility index (Phi) is 12.2. The van der Waals surface area contributed by atoms with E-state index >= 15 is 4.39 Å². The first-order valence-corrected chi connectivity index (χ1v) is 19.0. The van der Waals surface area contributed by atoms with Crippen molar-refractivity contribution in [2.45, 2.75) is 19.4 Å². The standard InChI is InChI=1S/C44H39ClFN7O6/c1-57-36-8-4-7-35(46)38(36)40-34-21-28(45)9-12-32(34)39-27(23-48-40)24-49-44(52-39)51-30-11-14-33(37(22-30)58-2)42(55)53-18-15-25(16-19-53)41(54)50-29-10-13-31(43(56)59-3)26(20-29)6-5-17-47/h4,7-14,20-22,24-25H,15-19,23,47H2,1-3H3,(H,50,54)(H,49,51,52). The molecule has 0 atom stereocenters. The Hall–Kier alpha value is -6.82. The highest BCUT2D eigenvalue weighted by Gasteiger charge is 2.30. The number of amides is 2. The van der Waals surface area contributed by atoms with Crippen molar-refractivity contribution in [1.29, 1.82) is 0 Å². The number of nitrogens with two attached hydrogens (primary N) is 1. The second-order valence-corrected chi connectivity index (χ2v) is 14.0. The van der Waals surface area contributed by atoms with Crippen molar-refractivity contribution in [2.24, 2.45) is 16.6 Å². The number of aromatic nitrogens is 2. The Bertz CT molecular complexity index is 2560. The van der Waals surface area contributed by atoms with Gasteiger partial charge in [0.15, 0.2) is 0 Å². The summed E-state index contributed by atoms with van der Waals surface area (Å²) in [6.07, 6.45) is 2.57. The van der Waals surface area contributed by atoms with Crippen LogP contribution < -0.4 is 25.8 Å². The van der Waals surface area contributed by atoms with Crippen LogP contribution in [0.3, 0.4) is 0 Å². The fourth-order valence-corrected chi connectivity index (χ4v) is 7.27. The molecule has 0 saturated carbocycles. The van der Waals surface area contributed by atoms with Gasteiger partial charge in [0.1, 0.15) is 17.3 Å². The van der Waals surface area contributed by atoms with Crippen LogP contribution in [0.25, 0.3) is 11.3 Å². The quantitative estimate of drug-likeness (QED) is 0.108. The maximum absolute atomic E-state index is 15.3. The molecule has 300 valence electrons. The minimum atomic E-state index is -0.545. The van der Waals surface area contributed by atoms with Crippen LogP contribution in [-0.2, 0) is 16.1 Å². The highest BCUT2D eigenvalue weighted by atomic mass is 35.5. The second-order valence-electron chi connectivity index (χ2n) is 13.6. The van der Waals surface area contributed by atoms with E-state index in [1.165, 1.54) is 27.4 Å². The van der Waals surface area contributed by atoms with Crippen LogP contribution in [0, 0.1) is 23.6 Å². The summed E-state index contributed by atoms with van der Waals surface area (Å²) in [5.74, 6) is 4.75. The lowest BCUT2D eigenvalue weighted by atomic mass is 9.94. The summed E-state index contributed by atoms with van der Waals surface area (Å²) in [5.41, 5.74) is 10.8. The zero-order chi connectivity index (χ0) is 41.6. The van der Waals surface area contributed by atoms with Gasteiger partial charge in [0.25, 0.3) is 5.91 Å². The lowest BCUT2D eigenvalue weighted by Gasteiger charge is -2.31. The number of benzene rings is 4. The number of anilines is 3. The van der Waals surface area contributed by atoms with Crippen LogP contribution in [0.2, 0.25) is 5.02 Å². The molecule has 2 aliphatic heterocycles. The molecule has 59 heavy (non-hydrogen) atoms. The minimum absolute atomic E-state index is 0.105.